The van der Waals surface area contributed by atoms with E-state index in [4.69, 9.17) is 4.74 Å². The fourth-order valence-electron chi connectivity index (χ4n) is 4.02. The van der Waals surface area contributed by atoms with E-state index < -0.39 is 0 Å². The smallest absolute Gasteiger partial charge is 0.229 e. The molecule has 31 heavy (non-hydrogen) atoms. The predicted molar refractivity (Wildman–Crippen MR) is 117 cm³/mol. The lowest BCUT2D eigenvalue weighted by molar-refractivity contribution is 0.444. The normalized spacial score (nSPS) is 14.2. The monoisotopic (exact) mass is 420 g/mol. The van der Waals surface area contributed by atoms with Crippen molar-refractivity contribution in [2.75, 3.05) is 31.1 Å². The molecule has 0 spiro atoms. The molecule has 1 N–H and O–H groups in total. The van der Waals surface area contributed by atoms with Crippen LogP contribution in [0.2, 0.25) is 0 Å². The Hall–Kier alpha value is -3.45. The van der Waals surface area contributed by atoms with Crippen LogP contribution in [-0.2, 0) is 0 Å². The number of hydrogen-bond donors (Lipinski definition) is 1. The van der Waals surface area contributed by atoms with Gasteiger partial charge in [0.15, 0.2) is 0 Å². The largest absolute Gasteiger partial charge is 0.438 e. The Morgan fingerprint density at radius 3 is 2.48 bits per heavy atom. The summed E-state index contributed by atoms with van der Waals surface area (Å²) in [7, 11) is 0. The van der Waals surface area contributed by atoms with Crippen LogP contribution in [0.5, 0.6) is 11.6 Å². The van der Waals surface area contributed by atoms with Crippen LogP contribution in [0.1, 0.15) is 5.56 Å². The summed E-state index contributed by atoms with van der Waals surface area (Å²) >= 11 is 0. The maximum absolute atomic E-state index is 14.0. The Morgan fingerprint density at radius 2 is 1.71 bits per heavy atom. The number of hydrogen-bond acceptors (Lipinski definition) is 4. The lowest BCUT2D eigenvalue weighted by Gasteiger charge is -2.30. The first-order valence-corrected chi connectivity index (χ1v) is 10.3. The molecular weight excluding hydrogens is 398 g/mol. The van der Waals surface area contributed by atoms with E-state index in [1.54, 1.807) is 24.4 Å². The molecule has 0 saturated carbocycles. The van der Waals surface area contributed by atoms with Crippen molar-refractivity contribution in [1.82, 2.24) is 14.9 Å². The Labute approximate surface area is 178 Å². The second kappa shape index (κ2) is 8.00. The van der Waals surface area contributed by atoms with Crippen LogP contribution in [-0.4, -0.2) is 35.7 Å². The average Bonchev–Trinajstić information content (AvgIpc) is 3.11. The number of halogens is 2. The molecule has 0 aliphatic carbocycles. The fourth-order valence-corrected chi connectivity index (χ4v) is 4.02. The third-order valence-electron chi connectivity index (χ3n) is 5.57. The minimum atomic E-state index is -0.365. The van der Waals surface area contributed by atoms with Gasteiger partial charge in [-0.2, -0.15) is 0 Å². The summed E-state index contributed by atoms with van der Waals surface area (Å²) < 4.78 is 36.0. The number of benzene rings is 2. The lowest BCUT2D eigenvalue weighted by Crippen LogP contribution is -2.43. The summed E-state index contributed by atoms with van der Waals surface area (Å²) in [6.45, 7) is 5.18. The van der Waals surface area contributed by atoms with Crippen molar-refractivity contribution in [3.63, 3.8) is 0 Å². The first kappa shape index (κ1) is 19.5. The number of anilines is 1. The molecule has 1 saturated heterocycles. The number of nitrogens with zero attached hydrogens (tertiary/aromatic N) is 3. The number of aromatic nitrogens is 2. The molecule has 0 radical (unpaired) electrons. The summed E-state index contributed by atoms with van der Waals surface area (Å²) in [6, 6.07) is 12.7. The zero-order valence-corrected chi connectivity index (χ0v) is 17.1. The van der Waals surface area contributed by atoms with Crippen LogP contribution in [0.3, 0.4) is 0 Å². The molecule has 0 amide bonds. The highest BCUT2D eigenvalue weighted by molar-refractivity contribution is 5.98. The fraction of sp³-hybridized carbons (Fsp3) is 0.208. The van der Waals surface area contributed by atoms with Crippen molar-refractivity contribution in [3.8, 4) is 17.3 Å². The van der Waals surface area contributed by atoms with Gasteiger partial charge in [0.25, 0.3) is 0 Å². The number of pyridine rings is 1. The van der Waals surface area contributed by atoms with Crippen LogP contribution >= 0.6 is 0 Å². The minimum absolute atomic E-state index is 0.312. The van der Waals surface area contributed by atoms with Crippen molar-refractivity contribution < 1.29 is 13.5 Å². The van der Waals surface area contributed by atoms with Gasteiger partial charge in [0.1, 0.15) is 23.1 Å². The van der Waals surface area contributed by atoms with Gasteiger partial charge in [-0.05, 0) is 48.9 Å². The molecular formula is C24H22F2N4O. The standard InChI is InChI=1S/C24H22F2N4O/c1-16-2-3-18(26)14-22(16)31-24-23(29-12-10-27-11-13-29)20-15-28-9-8-21(20)30(24)19-6-4-17(25)5-7-19/h2-9,14-15,27H,10-13H2,1H3. The summed E-state index contributed by atoms with van der Waals surface area (Å²) in [6.07, 6.45) is 3.54. The van der Waals surface area contributed by atoms with E-state index in [-0.39, 0.29) is 11.6 Å². The SMILES string of the molecule is Cc1ccc(F)cc1Oc1c(N2CCNCC2)c2cnccc2n1-c1ccc(F)cc1. The van der Waals surface area contributed by atoms with Crippen molar-refractivity contribution in [3.05, 3.63) is 78.1 Å². The van der Waals surface area contributed by atoms with Gasteiger partial charge in [-0.25, -0.2) is 8.78 Å². The van der Waals surface area contributed by atoms with Crippen LogP contribution in [0, 0.1) is 18.6 Å². The number of ether oxygens (including phenoxy) is 1. The number of fused-ring (bicyclic) bond motifs is 1. The van der Waals surface area contributed by atoms with E-state index in [0.717, 1.165) is 54.0 Å². The number of piperazine rings is 1. The Morgan fingerprint density at radius 1 is 0.968 bits per heavy atom. The van der Waals surface area contributed by atoms with Crippen LogP contribution < -0.4 is 15.0 Å². The molecule has 1 aliphatic rings. The van der Waals surface area contributed by atoms with E-state index in [1.807, 2.05) is 23.8 Å². The number of rotatable bonds is 4. The summed E-state index contributed by atoms with van der Waals surface area (Å²) in [5.74, 6) is 0.323. The zero-order valence-electron chi connectivity index (χ0n) is 17.1. The quantitative estimate of drug-likeness (QED) is 0.514. The van der Waals surface area contributed by atoms with E-state index in [2.05, 4.69) is 15.2 Å². The van der Waals surface area contributed by atoms with Gasteiger partial charge < -0.3 is 15.0 Å². The summed E-state index contributed by atoms with van der Waals surface area (Å²) in [5, 5.41) is 4.30. The summed E-state index contributed by atoms with van der Waals surface area (Å²) in [5.41, 5.74) is 3.36. The number of nitrogens with one attached hydrogen (secondary N) is 1. The van der Waals surface area contributed by atoms with Gasteiger partial charge in [-0.15, -0.1) is 0 Å². The van der Waals surface area contributed by atoms with Crippen molar-refractivity contribution in [2.45, 2.75) is 6.92 Å². The molecule has 5 rings (SSSR count). The molecule has 0 bridgehead atoms. The average molecular weight is 420 g/mol. The molecule has 1 fully saturated rings. The Bertz CT molecular complexity index is 1230. The van der Waals surface area contributed by atoms with Gasteiger partial charge in [-0.3, -0.25) is 9.55 Å². The highest BCUT2D eigenvalue weighted by Crippen LogP contribution is 2.44. The van der Waals surface area contributed by atoms with Crippen LogP contribution in [0.15, 0.2) is 60.9 Å². The molecule has 158 valence electrons. The van der Waals surface area contributed by atoms with Gasteiger partial charge in [-0.1, -0.05) is 6.07 Å². The Kier molecular flexibility index (Phi) is 5.03. The van der Waals surface area contributed by atoms with Crippen LogP contribution in [0.25, 0.3) is 16.6 Å². The Balaban J connectivity index is 1.78. The first-order valence-electron chi connectivity index (χ1n) is 10.3. The van der Waals surface area contributed by atoms with E-state index in [1.165, 1.54) is 24.3 Å². The molecule has 5 nitrogen and oxygen atoms in total. The van der Waals surface area contributed by atoms with E-state index >= 15 is 0 Å². The van der Waals surface area contributed by atoms with Gasteiger partial charge in [0, 0.05) is 55.7 Å². The molecule has 1 aliphatic heterocycles. The topological polar surface area (TPSA) is 42.3 Å². The third-order valence-corrected chi connectivity index (χ3v) is 5.57. The molecule has 0 atom stereocenters. The van der Waals surface area contributed by atoms with Crippen molar-refractivity contribution in [1.29, 1.82) is 0 Å². The van der Waals surface area contributed by atoms with Gasteiger partial charge in [0.2, 0.25) is 5.88 Å². The predicted octanol–water partition coefficient (Wildman–Crippen LogP) is 4.81. The second-order valence-electron chi connectivity index (χ2n) is 7.61. The van der Waals surface area contributed by atoms with Gasteiger partial charge >= 0.3 is 0 Å². The molecule has 2 aromatic heterocycles. The molecule has 7 heteroatoms. The highest BCUT2D eigenvalue weighted by atomic mass is 19.1. The van der Waals surface area contributed by atoms with E-state index in [9.17, 15) is 8.78 Å². The third kappa shape index (κ3) is 3.61. The molecule has 2 aromatic carbocycles. The summed E-state index contributed by atoms with van der Waals surface area (Å²) in [4.78, 5) is 6.59. The maximum Gasteiger partial charge on any atom is 0.229 e. The lowest BCUT2D eigenvalue weighted by atomic mass is 10.2. The zero-order chi connectivity index (χ0) is 21.4. The number of aryl methyl sites for hydroxylation is 1. The maximum atomic E-state index is 14.0. The molecule has 0 unspecified atom stereocenters. The van der Waals surface area contributed by atoms with Crippen molar-refractivity contribution in [2.24, 2.45) is 0 Å². The van der Waals surface area contributed by atoms with Crippen molar-refractivity contribution >= 4 is 16.6 Å². The molecule has 4 aromatic rings. The van der Waals surface area contributed by atoms with E-state index in [0.29, 0.717) is 11.6 Å². The second-order valence-corrected chi connectivity index (χ2v) is 7.61. The molecule has 3 heterocycles. The first-order chi connectivity index (χ1) is 15.1. The van der Waals surface area contributed by atoms with Gasteiger partial charge in [0.05, 0.1) is 5.52 Å². The van der Waals surface area contributed by atoms with Crippen LogP contribution in [0.4, 0.5) is 14.5 Å². The minimum Gasteiger partial charge on any atom is -0.438 e. The highest BCUT2D eigenvalue weighted by Gasteiger charge is 2.26.